The first kappa shape index (κ1) is 18.6. The third-order valence-electron chi connectivity index (χ3n) is 4.05. The summed E-state index contributed by atoms with van der Waals surface area (Å²) in [6, 6.07) is 7.11. The van der Waals surface area contributed by atoms with Crippen LogP contribution >= 0.6 is 11.6 Å². The van der Waals surface area contributed by atoms with Gasteiger partial charge in [0, 0.05) is 28.7 Å². The minimum atomic E-state index is -0.644. The molecule has 0 unspecified atom stereocenters. The van der Waals surface area contributed by atoms with E-state index in [9.17, 15) is 14.0 Å². The van der Waals surface area contributed by atoms with Gasteiger partial charge in [0.1, 0.15) is 5.82 Å². The number of aromatic nitrogens is 2. The average Bonchev–Trinajstić information content (AvgIpc) is 2.65. The van der Waals surface area contributed by atoms with Crippen LogP contribution in [0.3, 0.4) is 0 Å². The Morgan fingerprint density at radius 1 is 1.26 bits per heavy atom. The van der Waals surface area contributed by atoms with E-state index in [0.717, 1.165) is 0 Å². The number of H-pyrrole nitrogens is 1. The highest BCUT2D eigenvalue weighted by Gasteiger charge is 2.15. The van der Waals surface area contributed by atoms with E-state index in [2.05, 4.69) is 15.3 Å². The van der Waals surface area contributed by atoms with Crippen molar-refractivity contribution in [1.82, 2.24) is 9.97 Å². The molecule has 3 rings (SSSR count). The number of primary amides is 1. The number of anilines is 2. The van der Waals surface area contributed by atoms with Crippen molar-refractivity contribution in [2.24, 2.45) is 5.73 Å². The van der Waals surface area contributed by atoms with Gasteiger partial charge in [-0.2, -0.15) is 0 Å². The fourth-order valence-corrected chi connectivity index (χ4v) is 2.88. The maximum absolute atomic E-state index is 14.2. The maximum Gasteiger partial charge on any atom is 0.256 e. The third kappa shape index (κ3) is 3.83. The fourth-order valence-electron chi connectivity index (χ4n) is 2.71. The summed E-state index contributed by atoms with van der Waals surface area (Å²) in [6.45, 7) is 1.86. The molecule has 0 atom stereocenters. The molecule has 0 aliphatic carbocycles. The van der Waals surface area contributed by atoms with Gasteiger partial charge in [-0.05, 0) is 36.8 Å². The standard InChI is InChI=1S/C19H16ClFN4O2/c1-2-15-17(24-16-5-6-23-9-13(16)18(22)26)8-12(19(27)25-15)11-7-10(20)3-4-14(11)21/h3-9H,2H2,1H3,(H2,22,26)(H,23,24)(H,25,27). The Balaban J connectivity index is 2.15. The second kappa shape index (κ2) is 7.59. The van der Waals surface area contributed by atoms with Crippen molar-refractivity contribution in [3.63, 3.8) is 0 Å². The molecular formula is C19H16ClFN4O2. The van der Waals surface area contributed by atoms with Gasteiger partial charge in [0.25, 0.3) is 11.5 Å². The lowest BCUT2D eigenvalue weighted by Gasteiger charge is -2.15. The lowest BCUT2D eigenvalue weighted by Crippen LogP contribution is -2.16. The topological polar surface area (TPSA) is 101 Å². The summed E-state index contributed by atoms with van der Waals surface area (Å²) in [6.07, 6.45) is 3.36. The normalized spacial score (nSPS) is 10.6. The minimum absolute atomic E-state index is 0.0827. The minimum Gasteiger partial charge on any atom is -0.365 e. The molecule has 0 spiro atoms. The average molecular weight is 387 g/mol. The summed E-state index contributed by atoms with van der Waals surface area (Å²) in [5, 5.41) is 3.39. The van der Waals surface area contributed by atoms with Crippen molar-refractivity contribution in [2.45, 2.75) is 13.3 Å². The number of nitrogens with zero attached hydrogens (tertiary/aromatic N) is 1. The first-order chi connectivity index (χ1) is 12.9. The lowest BCUT2D eigenvalue weighted by molar-refractivity contribution is 0.100. The van der Waals surface area contributed by atoms with E-state index in [1.807, 2.05) is 6.92 Å². The van der Waals surface area contributed by atoms with Crippen LogP contribution in [-0.4, -0.2) is 15.9 Å². The van der Waals surface area contributed by atoms with Crippen LogP contribution in [0.4, 0.5) is 15.8 Å². The van der Waals surface area contributed by atoms with Crippen LogP contribution in [0.1, 0.15) is 23.0 Å². The zero-order chi connectivity index (χ0) is 19.6. The van der Waals surface area contributed by atoms with Gasteiger partial charge < -0.3 is 16.0 Å². The molecule has 1 aromatic carbocycles. The summed E-state index contributed by atoms with van der Waals surface area (Å²) in [7, 11) is 0. The first-order valence-electron chi connectivity index (χ1n) is 8.13. The second-order valence-corrected chi connectivity index (χ2v) is 6.23. The lowest BCUT2D eigenvalue weighted by atomic mass is 10.0. The molecule has 2 heterocycles. The number of hydrogen-bond acceptors (Lipinski definition) is 4. The molecule has 1 amide bonds. The third-order valence-corrected chi connectivity index (χ3v) is 4.29. The summed E-state index contributed by atoms with van der Waals surface area (Å²) >= 11 is 5.95. The number of benzene rings is 1. The van der Waals surface area contributed by atoms with Crippen molar-refractivity contribution >= 4 is 28.9 Å². The van der Waals surface area contributed by atoms with Crippen LogP contribution in [0.2, 0.25) is 5.02 Å². The Bertz CT molecular complexity index is 1080. The molecule has 0 saturated heterocycles. The first-order valence-corrected chi connectivity index (χ1v) is 8.51. The maximum atomic E-state index is 14.2. The van der Waals surface area contributed by atoms with E-state index in [-0.39, 0.29) is 16.7 Å². The van der Waals surface area contributed by atoms with Gasteiger partial charge in [0.15, 0.2) is 0 Å². The number of aromatic amines is 1. The predicted molar refractivity (Wildman–Crippen MR) is 103 cm³/mol. The van der Waals surface area contributed by atoms with Gasteiger partial charge in [-0.15, -0.1) is 0 Å². The number of rotatable bonds is 5. The molecule has 6 nitrogen and oxygen atoms in total. The number of nitrogens with two attached hydrogens (primary N) is 1. The van der Waals surface area contributed by atoms with E-state index in [1.54, 1.807) is 6.07 Å². The van der Waals surface area contributed by atoms with Crippen molar-refractivity contribution in [3.8, 4) is 11.1 Å². The number of amides is 1. The molecule has 4 N–H and O–H groups in total. The predicted octanol–water partition coefficient (Wildman–Crippen LogP) is 3.63. The van der Waals surface area contributed by atoms with E-state index in [4.69, 9.17) is 17.3 Å². The molecule has 0 aliphatic heterocycles. The summed E-state index contributed by atoms with van der Waals surface area (Å²) in [4.78, 5) is 30.7. The number of aryl methyl sites for hydroxylation is 1. The fraction of sp³-hybridized carbons (Fsp3) is 0.105. The van der Waals surface area contributed by atoms with Crippen molar-refractivity contribution in [3.05, 3.63) is 75.2 Å². The highest BCUT2D eigenvalue weighted by atomic mass is 35.5. The van der Waals surface area contributed by atoms with Crippen LogP contribution in [0.25, 0.3) is 11.1 Å². The highest BCUT2D eigenvalue weighted by molar-refractivity contribution is 6.30. The van der Waals surface area contributed by atoms with Crippen LogP contribution in [0, 0.1) is 5.82 Å². The zero-order valence-corrected chi connectivity index (χ0v) is 15.1. The Morgan fingerprint density at radius 2 is 2.04 bits per heavy atom. The molecule has 138 valence electrons. The largest absolute Gasteiger partial charge is 0.365 e. The number of carbonyl (C=O) groups excluding carboxylic acids is 1. The van der Waals surface area contributed by atoms with E-state index in [1.165, 1.54) is 36.7 Å². The van der Waals surface area contributed by atoms with E-state index < -0.39 is 17.3 Å². The molecule has 0 bridgehead atoms. The number of nitrogens with one attached hydrogen (secondary N) is 2. The monoisotopic (exact) mass is 386 g/mol. The van der Waals surface area contributed by atoms with Gasteiger partial charge in [-0.25, -0.2) is 4.39 Å². The van der Waals surface area contributed by atoms with Crippen molar-refractivity contribution in [2.75, 3.05) is 5.32 Å². The molecule has 27 heavy (non-hydrogen) atoms. The van der Waals surface area contributed by atoms with Crippen molar-refractivity contribution < 1.29 is 9.18 Å². The summed E-state index contributed by atoms with van der Waals surface area (Å²) in [5.41, 5.74) is 6.87. The number of hydrogen-bond donors (Lipinski definition) is 3. The Kier molecular flexibility index (Phi) is 5.23. The molecular weight excluding hydrogens is 371 g/mol. The molecule has 0 radical (unpaired) electrons. The van der Waals surface area contributed by atoms with Gasteiger partial charge in [-0.1, -0.05) is 18.5 Å². The quantitative estimate of drug-likeness (QED) is 0.623. The van der Waals surface area contributed by atoms with E-state index >= 15 is 0 Å². The number of halogens is 2. The summed E-state index contributed by atoms with van der Waals surface area (Å²) < 4.78 is 14.2. The number of pyridine rings is 2. The van der Waals surface area contributed by atoms with Crippen LogP contribution in [0.15, 0.2) is 47.5 Å². The number of carbonyl (C=O) groups is 1. The Labute approximate surface area is 159 Å². The van der Waals surface area contributed by atoms with Gasteiger partial charge in [0.2, 0.25) is 0 Å². The van der Waals surface area contributed by atoms with Gasteiger partial charge in [-0.3, -0.25) is 14.6 Å². The Hall–Kier alpha value is -3.19. The summed E-state index contributed by atoms with van der Waals surface area (Å²) in [5.74, 6) is -1.21. The molecule has 0 aliphatic rings. The van der Waals surface area contributed by atoms with Crippen LogP contribution in [-0.2, 0) is 6.42 Å². The molecule has 0 saturated carbocycles. The van der Waals surface area contributed by atoms with Crippen LogP contribution < -0.4 is 16.6 Å². The highest BCUT2D eigenvalue weighted by Crippen LogP contribution is 2.28. The SMILES string of the molecule is CCc1[nH]c(=O)c(-c2cc(Cl)ccc2F)cc1Nc1ccncc1C(N)=O. The zero-order valence-electron chi connectivity index (χ0n) is 14.3. The molecule has 8 heteroatoms. The Morgan fingerprint density at radius 3 is 2.74 bits per heavy atom. The molecule has 0 fully saturated rings. The van der Waals surface area contributed by atoms with Gasteiger partial charge in [0.05, 0.1) is 22.5 Å². The molecule has 3 aromatic rings. The van der Waals surface area contributed by atoms with Gasteiger partial charge >= 0.3 is 0 Å². The second-order valence-electron chi connectivity index (χ2n) is 5.79. The molecule has 2 aromatic heterocycles. The van der Waals surface area contributed by atoms with Crippen molar-refractivity contribution in [1.29, 1.82) is 0 Å². The smallest absolute Gasteiger partial charge is 0.256 e. The van der Waals surface area contributed by atoms with E-state index in [0.29, 0.717) is 28.5 Å². The van der Waals surface area contributed by atoms with Crippen LogP contribution in [0.5, 0.6) is 0 Å².